The third kappa shape index (κ3) is 5.98. The summed E-state index contributed by atoms with van der Waals surface area (Å²) in [5, 5.41) is 3.43. The molecule has 3 rings (SSSR count). The summed E-state index contributed by atoms with van der Waals surface area (Å²) in [6.07, 6.45) is 3.61. The highest BCUT2D eigenvalue weighted by Gasteiger charge is 2.07. The summed E-state index contributed by atoms with van der Waals surface area (Å²) in [7, 11) is 1.67. The highest BCUT2D eigenvalue weighted by atomic mass is 35.5. The summed E-state index contributed by atoms with van der Waals surface area (Å²) in [6.45, 7) is 4.18. The second-order valence-corrected chi connectivity index (χ2v) is 6.16. The van der Waals surface area contributed by atoms with Crippen LogP contribution in [0.25, 0.3) is 0 Å². The van der Waals surface area contributed by atoms with Gasteiger partial charge in [-0.2, -0.15) is 0 Å². The average Bonchev–Trinajstić information content (AvgIpc) is 2.68. The van der Waals surface area contributed by atoms with Gasteiger partial charge in [0.1, 0.15) is 6.61 Å². The minimum atomic E-state index is 0. The Hall–Kier alpha value is -2.56. The maximum absolute atomic E-state index is 5.97. The van der Waals surface area contributed by atoms with E-state index in [1.54, 1.807) is 19.5 Å². The van der Waals surface area contributed by atoms with Gasteiger partial charge in [-0.3, -0.25) is 4.98 Å². The first-order chi connectivity index (χ1) is 12.8. The van der Waals surface area contributed by atoms with Gasteiger partial charge in [0.15, 0.2) is 11.5 Å². The molecule has 142 valence electrons. The number of rotatable bonds is 8. The highest BCUT2D eigenvalue weighted by molar-refractivity contribution is 5.43. The van der Waals surface area contributed by atoms with E-state index in [9.17, 15) is 0 Å². The molecule has 0 bridgehead atoms. The number of methoxy groups -OCH3 is 1. The summed E-state index contributed by atoms with van der Waals surface area (Å²) in [5.74, 6) is 1.51. The first-order valence-electron chi connectivity index (χ1n) is 8.70. The number of pyridine rings is 1. The van der Waals surface area contributed by atoms with Crippen molar-refractivity contribution in [1.29, 1.82) is 0 Å². The summed E-state index contributed by atoms with van der Waals surface area (Å²) in [6, 6.07) is 18.3. The van der Waals surface area contributed by atoms with Gasteiger partial charge in [-0.15, -0.1) is 0 Å². The Balaban J connectivity index is 0.00000261. The average molecular weight is 384 g/mol. The van der Waals surface area contributed by atoms with Gasteiger partial charge >= 0.3 is 0 Å². The Morgan fingerprint density at radius 3 is 2.37 bits per heavy atom. The summed E-state index contributed by atoms with van der Waals surface area (Å²) < 4.78 is 11.5. The zero-order chi connectivity index (χ0) is 18.2. The molecule has 2 aromatic carbocycles. The third-order valence-corrected chi connectivity index (χ3v) is 4.28. The van der Waals surface area contributed by atoms with E-state index in [0.717, 1.165) is 30.2 Å². The van der Waals surface area contributed by atoms with E-state index in [-0.39, 0.29) is 12.4 Å². The van der Waals surface area contributed by atoms with Crippen LogP contribution >= 0.6 is 0 Å². The topological polar surface area (TPSA) is 43.4 Å². The maximum Gasteiger partial charge on any atom is 0.161 e. The highest BCUT2D eigenvalue weighted by Crippen LogP contribution is 2.29. The van der Waals surface area contributed by atoms with Gasteiger partial charge in [-0.05, 0) is 53.4 Å². The van der Waals surface area contributed by atoms with Crippen LogP contribution < -0.4 is 27.2 Å². The van der Waals surface area contributed by atoms with Crippen LogP contribution in [-0.2, 0) is 19.7 Å². The number of aryl methyl sites for hydroxylation is 1. The minimum absolute atomic E-state index is 0. The lowest BCUT2D eigenvalue weighted by molar-refractivity contribution is -0.00000599. The van der Waals surface area contributed by atoms with E-state index in [1.807, 2.05) is 36.4 Å². The van der Waals surface area contributed by atoms with Crippen LogP contribution in [0.2, 0.25) is 0 Å². The quantitative estimate of drug-likeness (QED) is 0.636. The standard InChI is InChI=1S/C22H24N2O2.ClH/c1-17-5-3-4-6-20(17)16-26-21-8-7-19(13-22(21)25-2)15-24-14-18-9-11-23-12-10-18;/h3-13,24H,14-16H2,1-2H3;1H/p-1. The van der Waals surface area contributed by atoms with Crippen molar-refractivity contribution < 1.29 is 21.9 Å². The molecule has 0 spiro atoms. The lowest BCUT2D eigenvalue weighted by atomic mass is 10.1. The molecular weight excluding hydrogens is 360 g/mol. The van der Waals surface area contributed by atoms with Gasteiger partial charge < -0.3 is 27.2 Å². The number of hydrogen-bond donors (Lipinski definition) is 1. The van der Waals surface area contributed by atoms with E-state index in [4.69, 9.17) is 9.47 Å². The first-order valence-corrected chi connectivity index (χ1v) is 8.70. The van der Waals surface area contributed by atoms with E-state index >= 15 is 0 Å². The van der Waals surface area contributed by atoms with Crippen molar-refractivity contribution in [3.05, 3.63) is 89.2 Å². The van der Waals surface area contributed by atoms with Crippen LogP contribution in [0.3, 0.4) is 0 Å². The van der Waals surface area contributed by atoms with Gasteiger partial charge in [0.2, 0.25) is 0 Å². The second-order valence-electron chi connectivity index (χ2n) is 6.16. The molecule has 4 nitrogen and oxygen atoms in total. The molecule has 3 aromatic rings. The molecule has 1 aromatic heterocycles. The zero-order valence-corrected chi connectivity index (χ0v) is 16.4. The molecule has 5 heteroatoms. The Morgan fingerprint density at radius 1 is 0.889 bits per heavy atom. The zero-order valence-electron chi connectivity index (χ0n) is 15.6. The number of aromatic nitrogens is 1. The van der Waals surface area contributed by atoms with Crippen LogP contribution in [0.1, 0.15) is 22.3 Å². The molecule has 0 saturated heterocycles. The summed E-state index contributed by atoms with van der Waals surface area (Å²) in [4.78, 5) is 4.03. The van der Waals surface area contributed by atoms with Crippen LogP contribution in [0.4, 0.5) is 0 Å². The fraction of sp³-hybridized carbons (Fsp3) is 0.227. The summed E-state index contributed by atoms with van der Waals surface area (Å²) >= 11 is 0. The first kappa shape index (κ1) is 20.7. The van der Waals surface area contributed by atoms with E-state index in [0.29, 0.717) is 6.61 Å². The molecule has 1 heterocycles. The number of ether oxygens (including phenoxy) is 2. The van der Waals surface area contributed by atoms with Crippen molar-refractivity contribution in [2.24, 2.45) is 0 Å². The van der Waals surface area contributed by atoms with Crippen molar-refractivity contribution in [2.75, 3.05) is 7.11 Å². The van der Waals surface area contributed by atoms with Crippen LogP contribution in [0.5, 0.6) is 11.5 Å². The van der Waals surface area contributed by atoms with E-state index in [2.05, 4.69) is 35.4 Å². The van der Waals surface area contributed by atoms with Crippen LogP contribution in [-0.4, -0.2) is 12.1 Å². The van der Waals surface area contributed by atoms with Gasteiger partial charge in [-0.1, -0.05) is 30.3 Å². The molecule has 0 saturated carbocycles. The second kappa shape index (κ2) is 10.6. The van der Waals surface area contributed by atoms with Crippen molar-refractivity contribution in [2.45, 2.75) is 26.6 Å². The lowest BCUT2D eigenvalue weighted by Gasteiger charge is -2.13. The lowest BCUT2D eigenvalue weighted by Crippen LogP contribution is -3.00. The molecule has 0 radical (unpaired) electrons. The largest absolute Gasteiger partial charge is 1.00 e. The Kier molecular flexibility index (Phi) is 8.11. The van der Waals surface area contributed by atoms with Gasteiger partial charge in [-0.25, -0.2) is 0 Å². The molecule has 0 fully saturated rings. The molecule has 27 heavy (non-hydrogen) atoms. The molecule has 0 aliphatic heterocycles. The van der Waals surface area contributed by atoms with E-state index in [1.165, 1.54) is 16.7 Å². The Labute approximate surface area is 167 Å². The molecule has 1 N–H and O–H groups in total. The monoisotopic (exact) mass is 383 g/mol. The smallest absolute Gasteiger partial charge is 0.161 e. The number of halogens is 1. The Bertz CT molecular complexity index is 841. The molecule has 0 unspecified atom stereocenters. The molecular formula is C22H24ClN2O2-. The molecule has 0 aliphatic rings. The van der Waals surface area contributed by atoms with Crippen LogP contribution in [0, 0.1) is 6.92 Å². The minimum Gasteiger partial charge on any atom is -1.00 e. The molecule has 0 amide bonds. The third-order valence-electron chi connectivity index (χ3n) is 4.28. The van der Waals surface area contributed by atoms with E-state index < -0.39 is 0 Å². The predicted octanol–water partition coefficient (Wildman–Crippen LogP) is 1.27. The summed E-state index contributed by atoms with van der Waals surface area (Å²) in [5.41, 5.74) is 4.77. The number of hydrogen-bond acceptors (Lipinski definition) is 4. The molecule has 0 atom stereocenters. The maximum atomic E-state index is 5.97. The SMILES string of the molecule is COc1cc(CNCc2ccncc2)ccc1OCc1ccccc1C.[Cl-]. The normalized spacial score (nSPS) is 10.1. The number of nitrogens with one attached hydrogen (secondary N) is 1. The fourth-order valence-electron chi connectivity index (χ4n) is 2.72. The molecule has 0 aliphatic carbocycles. The fourth-order valence-corrected chi connectivity index (χ4v) is 2.72. The number of benzene rings is 2. The van der Waals surface area contributed by atoms with Crippen LogP contribution in [0.15, 0.2) is 67.0 Å². The van der Waals surface area contributed by atoms with Crippen molar-refractivity contribution in [3.8, 4) is 11.5 Å². The van der Waals surface area contributed by atoms with Crippen molar-refractivity contribution >= 4 is 0 Å². The van der Waals surface area contributed by atoms with Crippen molar-refractivity contribution in [3.63, 3.8) is 0 Å². The van der Waals surface area contributed by atoms with Gasteiger partial charge in [0, 0.05) is 25.5 Å². The Morgan fingerprint density at radius 2 is 1.63 bits per heavy atom. The number of nitrogens with zero attached hydrogens (tertiary/aromatic N) is 1. The van der Waals surface area contributed by atoms with Crippen molar-refractivity contribution in [1.82, 2.24) is 10.3 Å². The predicted molar refractivity (Wildman–Crippen MR) is 103 cm³/mol. The van der Waals surface area contributed by atoms with Gasteiger partial charge in [0.25, 0.3) is 0 Å². The van der Waals surface area contributed by atoms with Gasteiger partial charge in [0.05, 0.1) is 7.11 Å².